The molecule has 0 saturated carbocycles. The predicted octanol–water partition coefficient (Wildman–Crippen LogP) is 1.83. The van der Waals surface area contributed by atoms with Gasteiger partial charge in [0.2, 0.25) is 5.91 Å². The van der Waals surface area contributed by atoms with Crippen LogP contribution >= 0.6 is 24.0 Å². The van der Waals surface area contributed by atoms with E-state index < -0.39 is 0 Å². The van der Waals surface area contributed by atoms with Gasteiger partial charge < -0.3 is 25.0 Å². The van der Waals surface area contributed by atoms with Crippen molar-refractivity contribution >= 4 is 35.8 Å². The fraction of sp³-hybridized carbons (Fsp3) is 0.619. The molecular weight excluding hydrogens is 483 g/mol. The monoisotopic (exact) mass is 516 g/mol. The van der Waals surface area contributed by atoms with Crippen molar-refractivity contribution in [3.8, 4) is 0 Å². The van der Waals surface area contributed by atoms with E-state index in [0.29, 0.717) is 32.8 Å². The molecule has 7 nitrogen and oxygen atoms in total. The summed E-state index contributed by atoms with van der Waals surface area (Å²) < 4.78 is 5.35. The number of hydrogen-bond acceptors (Lipinski definition) is 4. The van der Waals surface area contributed by atoms with E-state index in [4.69, 9.17) is 9.73 Å². The number of piperidine rings is 1. The van der Waals surface area contributed by atoms with Crippen molar-refractivity contribution in [2.24, 2.45) is 10.9 Å². The summed E-state index contributed by atoms with van der Waals surface area (Å²) in [6.45, 7) is 7.81. The molecule has 0 aromatic heterocycles. The van der Waals surface area contributed by atoms with Gasteiger partial charge in [-0.15, -0.1) is 24.0 Å². The molecule has 29 heavy (non-hydrogen) atoms. The highest BCUT2D eigenvalue weighted by Crippen LogP contribution is 2.21. The molecule has 2 aliphatic rings. The van der Waals surface area contributed by atoms with Crippen LogP contribution in [-0.4, -0.2) is 72.7 Å². The van der Waals surface area contributed by atoms with Gasteiger partial charge >= 0.3 is 0 Å². The number of rotatable bonds is 5. The Balaban J connectivity index is 0.00000300. The molecule has 1 amide bonds. The number of guanidine groups is 1. The lowest BCUT2D eigenvalue weighted by molar-refractivity contribution is -0.140. The second-order valence-electron chi connectivity index (χ2n) is 7.30. The lowest BCUT2D eigenvalue weighted by atomic mass is 9.95. The number of nitrogens with one attached hydrogen (secondary N) is 1. The summed E-state index contributed by atoms with van der Waals surface area (Å²) >= 11 is 0. The Morgan fingerprint density at radius 3 is 2.41 bits per heavy atom. The van der Waals surface area contributed by atoms with Gasteiger partial charge in [-0.2, -0.15) is 0 Å². The minimum Gasteiger partial charge on any atom is -0.392 e. The number of aliphatic hydroxyl groups is 1. The molecule has 2 aliphatic heterocycles. The standard InChI is InChI=1S/C21H32N4O3.HI/c1-2-22-21(23-15-18-5-3-4-6-19(18)16-26)25-9-7-17(8-10-25)20(27)24-11-13-28-14-12-24;/h3-6,17,26H,2,7-16H2,1H3,(H,22,23);1H. The van der Waals surface area contributed by atoms with Crippen LogP contribution in [0.1, 0.15) is 30.9 Å². The second-order valence-corrected chi connectivity index (χ2v) is 7.30. The molecule has 2 heterocycles. The van der Waals surface area contributed by atoms with Gasteiger partial charge in [-0.3, -0.25) is 4.79 Å². The first kappa shape index (κ1) is 23.9. The predicted molar refractivity (Wildman–Crippen MR) is 124 cm³/mol. The van der Waals surface area contributed by atoms with Gasteiger partial charge in [-0.05, 0) is 30.9 Å². The van der Waals surface area contributed by atoms with Crippen molar-refractivity contribution in [1.29, 1.82) is 0 Å². The zero-order valence-corrected chi connectivity index (χ0v) is 19.5. The highest BCUT2D eigenvalue weighted by Gasteiger charge is 2.30. The second kappa shape index (κ2) is 12.3. The molecule has 1 aromatic rings. The Bertz CT molecular complexity index is 672. The average Bonchev–Trinajstić information content (AvgIpc) is 2.77. The van der Waals surface area contributed by atoms with E-state index >= 15 is 0 Å². The first-order valence-electron chi connectivity index (χ1n) is 10.3. The lowest BCUT2D eigenvalue weighted by Crippen LogP contribution is -2.50. The Kier molecular flexibility index (Phi) is 10.2. The highest BCUT2D eigenvalue weighted by atomic mass is 127. The molecule has 0 spiro atoms. The molecule has 2 N–H and O–H groups in total. The van der Waals surface area contributed by atoms with Crippen molar-refractivity contribution in [3.05, 3.63) is 35.4 Å². The van der Waals surface area contributed by atoms with Gasteiger partial charge in [0.15, 0.2) is 5.96 Å². The number of carbonyl (C=O) groups is 1. The summed E-state index contributed by atoms with van der Waals surface area (Å²) in [4.78, 5) is 21.7. The van der Waals surface area contributed by atoms with Gasteiger partial charge in [0.25, 0.3) is 0 Å². The number of nitrogens with zero attached hydrogens (tertiary/aromatic N) is 3. The van der Waals surface area contributed by atoms with Crippen LogP contribution < -0.4 is 5.32 Å². The van der Waals surface area contributed by atoms with Gasteiger partial charge in [-0.1, -0.05) is 24.3 Å². The fourth-order valence-electron chi connectivity index (χ4n) is 3.83. The van der Waals surface area contributed by atoms with Gasteiger partial charge in [0, 0.05) is 38.6 Å². The number of amides is 1. The maximum atomic E-state index is 12.7. The minimum absolute atomic E-state index is 0. The Labute approximate surface area is 190 Å². The van der Waals surface area contributed by atoms with Crippen LogP contribution in [0.4, 0.5) is 0 Å². The third-order valence-corrected chi connectivity index (χ3v) is 5.49. The number of aliphatic imine (C=N–C) groups is 1. The minimum atomic E-state index is 0. The summed E-state index contributed by atoms with van der Waals surface area (Å²) in [5.74, 6) is 1.27. The van der Waals surface area contributed by atoms with Gasteiger partial charge in [0.1, 0.15) is 0 Å². The van der Waals surface area contributed by atoms with Crippen LogP contribution in [0.3, 0.4) is 0 Å². The molecule has 0 aliphatic carbocycles. The molecule has 0 radical (unpaired) electrons. The molecule has 2 fully saturated rings. The number of ether oxygens (including phenoxy) is 1. The van der Waals surface area contributed by atoms with Crippen molar-refractivity contribution in [2.75, 3.05) is 45.9 Å². The number of likely N-dealkylation sites (tertiary alicyclic amines) is 1. The summed E-state index contributed by atoms with van der Waals surface area (Å²) in [6, 6.07) is 7.84. The largest absolute Gasteiger partial charge is 0.392 e. The third-order valence-electron chi connectivity index (χ3n) is 5.49. The average molecular weight is 516 g/mol. The van der Waals surface area contributed by atoms with E-state index in [1.807, 2.05) is 29.2 Å². The number of carbonyl (C=O) groups excluding carboxylic acids is 1. The van der Waals surface area contributed by atoms with Crippen molar-refractivity contribution in [1.82, 2.24) is 15.1 Å². The number of morpholine rings is 1. The summed E-state index contributed by atoms with van der Waals surface area (Å²) in [7, 11) is 0. The van der Waals surface area contributed by atoms with E-state index in [2.05, 4.69) is 17.1 Å². The van der Waals surface area contributed by atoms with Crippen molar-refractivity contribution in [3.63, 3.8) is 0 Å². The quantitative estimate of drug-likeness (QED) is 0.355. The molecule has 162 valence electrons. The molecule has 0 atom stereocenters. The van der Waals surface area contributed by atoms with E-state index in [1.54, 1.807) is 0 Å². The molecule has 0 unspecified atom stereocenters. The van der Waals surface area contributed by atoms with Crippen LogP contribution in [0.15, 0.2) is 29.3 Å². The van der Waals surface area contributed by atoms with Crippen molar-refractivity contribution < 1.29 is 14.6 Å². The first-order chi connectivity index (χ1) is 13.7. The first-order valence-corrected chi connectivity index (χ1v) is 10.3. The van der Waals surface area contributed by atoms with Crippen LogP contribution in [0.25, 0.3) is 0 Å². The van der Waals surface area contributed by atoms with E-state index in [-0.39, 0.29) is 42.4 Å². The number of hydrogen-bond donors (Lipinski definition) is 2. The smallest absolute Gasteiger partial charge is 0.225 e. The Hall–Kier alpha value is -1.39. The summed E-state index contributed by atoms with van der Waals surface area (Å²) in [5, 5.41) is 12.9. The Morgan fingerprint density at radius 2 is 1.79 bits per heavy atom. The lowest BCUT2D eigenvalue weighted by Gasteiger charge is -2.36. The zero-order chi connectivity index (χ0) is 19.8. The van der Waals surface area contributed by atoms with Crippen LogP contribution in [0.5, 0.6) is 0 Å². The number of aliphatic hydroxyl groups excluding tert-OH is 1. The van der Waals surface area contributed by atoms with Crippen LogP contribution in [0.2, 0.25) is 0 Å². The Morgan fingerprint density at radius 1 is 1.14 bits per heavy atom. The molecule has 3 rings (SSSR count). The van der Waals surface area contributed by atoms with Gasteiger partial charge in [0.05, 0.1) is 26.4 Å². The summed E-state index contributed by atoms with van der Waals surface area (Å²) in [6.07, 6.45) is 1.71. The van der Waals surface area contributed by atoms with Gasteiger partial charge in [-0.25, -0.2) is 4.99 Å². The van der Waals surface area contributed by atoms with Crippen LogP contribution in [-0.2, 0) is 22.7 Å². The van der Waals surface area contributed by atoms with E-state index in [1.165, 1.54) is 0 Å². The number of benzene rings is 1. The summed E-state index contributed by atoms with van der Waals surface area (Å²) in [5.41, 5.74) is 1.95. The normalized spacial score (nSPS) is 18.3. The van der Waals surface area contributed by atoms with Crippen LogP contribution in [0, 0.1) is 5.92 Å². The highest BCUT2D eigenvalue weighted by molar-refractivity contribution is 14.0. The maximum Gasteiger partial charge on any atom is 0.225 e. The topological polar surface area (TPSA) is 77.4 Å². The van der Waals surface area contributed by atoms with Crippen molar-refractivity contribution in [2.45, 2.75) is 32.9 Å². The molecule has 8 heteroatoms. The molecule has 1 aromatic carbocycles. The number of halogens is 1. The third kappa shape index (κ3) is 6.55. The fourth-order valence-corrected chi connectivity index (χ4v) is 3.83. The SMILES string of the molecule is CCNC(=NCc1ccccc1CO)N1CCC(C(=O)N2CCOCC2)CC1.I. The maximum absolute atomic E-state index is 12.7. The molecular formula is C21H33IN4O3. The molecule has 2 saturated heterocycles. The van der Waals surface area contributed by atoms with E-state index in [0.717, 1.165) is 49.6 Å². The van der Waals surface area contributed by atoms with E-state index in [9.17, 15) is 9.90 Å². The molecule has 0 bridgehead atoms. The zero-order valence-electron chi connectivity index (χ0n) is 17.2.